The molecule has 0 aromatic heterocycles. The van der Waals surface area contributed by atoms with Crippen molar-refractivity contribution in [3.8, 4) is 0 Å². The maximum absolute atomic E-state index is 12.5. The van der Waals surface area contributed by atoms with Crippen LogP contribution in [0, 0.1) is 5.92 Å². The monoisotopic (exact) mass is 294 g/mol. The molecular weight excluding hydrogens is 268 g/mol. The van der Waals surface area contributed by atoms with Crippen molar-refractivity contribution in [1.29, 1.82) is 0 Å². The van der Waals surface area contributed by atoms with Gasteiger partial charge in [-0.1, -0.05) is 32.1 Å². The highest BCUT2D eigenvalue weighted by Crippen LogP contribution is 2.33. The van der Waals surface area contributed by atoms with E-state index < -0.39 is 23.1 Å². The number of methoxy groups -OCH3 is 1. The highest BCUT2D eigenvalue weighted by molar-refractivity contribution is 5.96. The predicted octanol–water partition coefficient (Wildman–Crippen LogP) is 3.21. The van der Waals surface area contributed by atoms with Crippen LogP contribution in [-0.4, -0.2) is 30.1 Å². The smallest absolute Gasteiger partial charge is 0.317 e. The Kier molecular flexibility index (Phi) is 5.90. The molecule has 0 aliphatic heterocycles. The molecular formula is C17H26O4. The van der Waals surface area contributed by atoms with E-state index in [0.717, 1.165) is 0 Å². The third-order valence-electron chi connectivity index (χ3n) is 3.95. The summed E-state index contributed by atoms with van der Waals surface area (Å²) in [6.45, 7) is 7.60. The van der Waals surface area contributed by atoms with Crippen molar-refractivity contribution in [2.75, 3.05) is 7.11 Å². The van der Waals surface area contributed by atoms with Gasteiger partial charge in [-0.05, 0) is 32.8 Å². The predicted molar refractivity (Wildman–Crippen MR) is 81.9 cm³/mol. The Labute approximate surface area is 127 Å². The third kappa shape index (κ3) is 3.82. The minimum absolute atomic E-state index is 0.0932. The summed E-state index contributed by atoms with van der Waals surface area (Å²) in [5.41, 5.74) is -1.80. The van der Waals surface area contributed by atoms with Gasteiger partial charge in [0.15, 0.2) is 11.4 Å². The Morgan fingerprint density at radius 1 is 1.24 bits per heavy atom. The maximum Gasteiger partial charge on any atom is 0.317 e. The van der Waals surface area contributed by atoms with Gasteiger partial charge in [0.1, 0.15) is 11.5 Å². The molecule has 0 aromatic carbocycles. The van der Waals surface area contributed by atoms with Crippen LogP contribution in [0.4, 0.5) is 0 Å². The van der Waals surface area contributed by atoms with E-state index in [1.807, 2.05) is 27.7 Å². The van der Waals surface area contributed by atoms with Crippen LogP contribution in [0.15, 0.2) is 24.3 Å². The van der Waals surface area contributed by atoms with Gasteiger partial charge in [-0.25, -0.2) is 0 Å². The first-order chi connectivity index (χ1) is 9.83. The zero-order valence-corrected chi connectivity index (χ0v) is 13.6. The van der Waals surface area contributed by atoms with Gasteiger partial charge in [-0.3, -0.25) is 9.59 Å². The van der Waals surface area contributed by atoms with E-state index >= 15 is 0 Å². The summed E-state index contributed by atoms with van der Waals surface area (Å²) in [6.07, 6.45) is 8.62. The summed E-state index contributed by atoms with van der Waals surface area (Å²) >= 11 is 0. The van der Waals surface area contributed by atoms with Gasteiger partial charge in [0.05, 0.1) is 0 Å². The SMILES string of the molecule is CCCC(=O)C1(OC)C=CC=CC1C(=O)OC(C)(C)CC. The molecule has 4 heteroatoms. The number of ether oxygens (including phenoxy) is 2. The number of carbonyl (C=O) groups is 2. The second-order valence-corrected chi connectivity index (χ2v) is 5.93. The van der Waals surface area contributed by atoms with Crippen LogP contribution >= 0.6 is 0 Å². The van der Waals surface area contributed by atoms with Crippen molar-refractivity contribution in [2.45, 2.75) is 58.2 Å². The minimum atomic E-state index is -1.24. The Morgan fingerprint density at radius 3 is 2.43 bits per heavy atom. The standard InChI is InChI=1S/C17H26O4/c1-6-10-14(18)17(20-5)12-9-8-11-13(17)15(19)21-16(3,4)7-2/h8-9,11-13H,6-7,10H2,1-5H3. The van der Waals surface area contributed by atoms with Crippen molar-refractivity contribution in [3.05, 3.63) is 24.3 Å². The molecule has 21 heavy (non-hydrogen) atoms. The Bertz CT molecular complexity index is 448. The minimum Gasteiger partial charge on any atom is -0.459 e. The molecule has 1 aliphatic carbocycles. The molecule has 0 saturated heterocycles. The lowest BCUT2D eigenvalue weighted by Crippen LogP contribution is -2.51. The largest absolute Gasteiger partial charge is 0.459 e. The number of Topliss-reactive ketones (excluding diaryl/α,β-unsaturated/α-hetero) is 1. The van der Waals surface area contributed by atoms with E-state index in [-0.39, 0.29) is 5.78 Å². The topological polar surface area (TPSA) is 52.6 Å². The molecule has 1 aliphatic rings. The lowest BCUT2D eigenvalue weighted by molar-refractivity contribution is -0.171. The van der Waals surface area contributed by atoms with Gasteiger partial charge >= 0.3 is 5.97 Å². The number of hydrogen-bond donors (Lipinski definition) is 0. The van der Waals surface area contributed by atoms with Gasteiger partial charge in [0.25, 0.3) is 0 Å². The van der Waals surface area contributed by atoms with Gasteiger partial charge in [-0.15, -0.1) is 0 Å². The summed E-state index contributed by atoms with van der Waals surface area (Å²) in [6, 6.07) is 0. The fourth-order valence-corrected chi connectivity index (χ4v) is 2.28. The third-order valence-corrected chi connectivity index (χ3v) is 3.95. The molecule has 2 atom stereocenters. The lowest BCUT2D eigenvalue weighted by Gasteiger charge is -2.36. The summed E-state index contributed by atoms with van der Waals surface area (Å²) < 4.78 is 11.0. The first-order valence-electron chi connectivity index (χ1n) is 7.50. The summed E-state index contributed by atoms with van der Waals surface area (Å²) in [7, 11) is 1.46. The second-order valence-electron chi connectivity index (χ2n) is 5.93. The molecule has 0 fully saturated rings. The second kappa shape index (κ2) is 7.03. The van der Waals surface area contributed by atoms with Crippen LogP contribution in [0.3, 0.4) is 0 Å². The van der Waals surface area contributed by atoms with Crippen LogP contribution in [0.5, 0.6) is 0 Å². The molecule has 0 spiro atoms. The zero-order chi connectivity index (χ0) is 16.1. The number of carbonyl (C=O) groups excluding carboxylic acids is 2. The first-order valence-corrected chi connectivity index (χ1v) is 7.50. The van der Waals surface area contributed by atoms with Crippen molar-refractivity contribution in [3.63, 3.8) is 0 Å². The summed E-state index contributed by atoms with van der Waals surface area (Å²) in [5.74, 6) is -1.25. The quantitative estimate of drug-likeness (QED) is 0.677. The summed E-state index contributed by atoms with van der Waals surface area (Å²) in [5, 5.41) is 0. The van der Waals surface area contributed by atoms with E-state index in [1.54, 1.807) is 24.3 Å². The molecule has 0 saturated carbocycles. The van der Waals surface area contributed by atoms with E-state index in [4.69, 9.17) is 9.47 Å². The zero-order valence-electron chi connectivity index (χ0n) is 13.6. The molecule has 4 nitrogen and oxygen atoms in total. The number of hydrogen-bond acceptors (Lipinski definition) is 4. The molecule has 2 unspecified atom stereocenters. The normalized spacial score (nSPS) is 24.9. The maximum atomic E-state index is 12.5. The van der Waals surface area contributed by atoms with Crippen LogP contribution in [0.2, 0.25) is 0 Å². The van der Waals surface area contributed by atoms with Crippen molar-refractivity contribution >= 4 is 11.8 Å². The van der Waals surface area contributed by atoms with E-state index in [2.05, 4.69) is 0 Å². The average Bonchev–Trinajstić information content (AvgIpc) is 2.46. The van der Waals surface area contributed by atoms with E-state index in [1.165, 1.54) is 7.11 Å². The van der Waals surface area contributed by atoms with Crippen LogP contribution in [-0.2, 0) is 19.1 Å². The highest BCUT2D eigenvalue weighted by Gasteiger charge is 2.48. The number of ketones is 1. The Hall–Kier alpha value is -1.42. The molecule has 0 N–H and O–H groups in total. The van der Waals surface area contributed by atoms with Gasteiger partial charge < -0.3 is 9.47 Å². The van der Waals surface area contributed by atoms with Gasteiger partial charge in [-0.2, -0.15) is 0 Å². The van der Waals surface area contributed by atoms with Gasteiger partial charge in [0.2, 0.25) is 0 Å². The molecule has 118 valence electrons. The van der Waals surface area contributed by atoms with Crippen LogP contribution in [0.25, 0.3) is 0 Å². The molecule has 0 heterocycles. The fourth-order valence-electron chi connectivity index (χ4n) is 2.28. The molecule has 0 radical (unpaired) electrons. The summed E-state index contributed by atoms with van der Waals surface area (Å²) in [4.78, 5) is 25.0. The molecule has 0 amide bonds. The number of rotatable bonds is 7. The van der Waals surface area contributed by atoms with E-state index in [0.29, 0.717) is 19.3 Å². The lowest BCUT2D eigenvalue weighted by atomic mass is 9.78. The average molecular weight is 294 g/mol. The van der Waals surface area contributed by atoms with Gasteiger partial charge in [0, 0.05) is 13.5 Å². The fraction of sp³-hybridized carbons (Fsp3) is 0.647. The number of allylic oxidation sites excluding steroid dienone is 2. The van der Waals surface area contributed by atoms with Crippen LogP contribution in [0.1, 0.15) is 47.0 Å². The van der Waals surface area contributed by atoms with Crippen molar-refractivity contribution < 1.29 is 19.1 Å². The van der Waals surface area contributed by atoms with E-state index in [9.17, 15) is 9.59 Å². The number of esters is 1. The first kappa shape index (κ1) is 17.6. The Balaban J connectivity index is 3.06. The van der Waals surface area contributed by atoms with Crippen LogP contribution < -0.4 is 0 Å². The molecule has 0 bridgehead atoms. The highest BCUT2D eigenvalue weighted by atomic mass is 16.6. The van der Waals surface area contributed by atoms with Crippen molar-refractivity contribution in [2.24, 2.45) is 5.92 Å². The van der Waals surface area contributed by atoms with Crippen molar-refractivity contribution in [1.82, 2.24) is 0 Å². The molecule has 1 rings (SSSR count). The Morgan fingerprint density at radius 2 is 1.90 bits per heavy atom. The molecule has 0 aromatic rings.